The van der Waals surface area contributed by atoms with Crippen LogP contribution in [-0.4, -0.2) is 20.9 Å². The molecule has 0 spiro atoms. The number of hydrogen-bond donors (Lipinski definition) is 2. The van der Waals surface area contributed by atoms with Gasteiger partial charge in [-0.3, -0.25) is 9.59 Å². The van der Waals surface area contributed by atoms with Crippen LogP contribution in [0.4, 0.5) is 0 Å². The lowest BCUT2D eigenvalue weighted by Gasteiger charge is -2.04. The highest BCUT2D eigenvalue weighted by atomic mass is 127. The van der Waals surface area contributed by atoms with Crippen LogP contribution in [0.25, 0.3) is 0 Å². The van der Waals surface area contributed by atoms with Crippen molar-refractivity contribution in [2.75, 3.05) is 0 Å². The average molecular weight is 369 g/mol. The second kappa shape index (κ2) is 5.24. The summed E-state index contributed by atoms with van der Waals surface area (Å²) in [6.07, 6.45) is 0.0266. The first-order chi connectivity index (χ1) is 4.57. The van der Waals surface area contributed by atoms with E-state index in [4.69, 9.17) is 5.11 Å². The molecule has 0 aromatic carbocycles. The van der Waals surface area contributed by atoms with Crippen molar-refractivity contribution >= 4 is 55.2 Å². The molecule has 0 aromatic heterocycles. The summed E-state index contributed by atoms with van der Waals surface area (Å²) in [6, 6.07) is -0.759. The van der Waals surface area contributed by atoms with Gasteiger partial charge in [0.2, 0.25) is 0 Å². The molecule has 58 valence electrons. The minimum atomic E-state index is -1.00. The molecule has 0 saturated heterocycles. The van der Waals surface area contributed by atoms with E-state index in [1.54, 1.807) is 45.5 Å². The highest BCUT2D eigenvalue weighted by Gasteiger charge is 2.17. The molecule has 0 fully saturated rings. The highest BCUT2D eigenvalue weighted by Crippen LogP contribution is 2.00. The van der Waals surface area contributed by atoms with E-state index in [1.807, 2.05) is 0 Å². The lowest BCUT2D eigenvalue weighted by atomic mass is 10.2. The van der Waals surface area contributed by atoms with Crippen LogP contribution in [0.3, 0.4) is 0 Å². The van der Waals surface area contributed by atoms with Gasteiger partial charge in [0.1, 0.15) is 6.04 Å². The molecular weight excluding hydrogens is 364 g/mol. The lowest BCUT2D eigenvalue weighted by molar-refractivity contribution is -0.139. The number of carbonyl (C=O) groups excluding carboxylic acids is 1. The summed E-state index contributed by atoms with van der Waals surface area (Å²) < 4.78 is 2.32. The van der Waals surface area contributed by atoms with Crippen LogP contribution in [0, 0.1) is 0 Å². The van der Waals surface area contributed by atoms with E-state index in [-0.39, 0.29) is 10.2 Å². The van der Waals surface area contributed by atoms with E-state index >= 15 is 0 Å². The van der Waals surface area contributed by atoms with Gasteiger partial charge in [-0.2, -0.15) is 0 Å². The number of carboxylic acids is 1. The summed E-state index contributed by atoms with van der Waals surface area (Å²) in [5.41, 5.74) is 0. The number of carbonyl (C=O) groups is 2. The molecule has 0 aliphatic rings. The van der Waals surface area contributed by atoms with Crippen LogP contribution in [-0.2, 0) is 9.59 Å². The SMILES string of the molecule is O=C(I)CC(NI)C(=O)O. The van der Waals surface area contributed by atoms with Gasteiger partial charge in [0.15, 0.2) is 3.79 Å². The Labute approximate surface area is 85.4 Å². The molecule has 0 aliphatic heterocycles. The standard InChI is InChI=1S/C4H5I2NO3/c5-3(8)1-2(7-6)4(9)10/h2,7H,1H2,(H,9,10). The molecule has 1 atom stereocenters. The fourth-order valence-electron chi connectivity index (χ4n) is 0.333. The van der Waals surface area contributed by atoms with E-state index in [1.165, 1.54) is 0 Å². The Morgan fingerprint density at radius 1 is 1.60 bits per heavy atom. The van der Waals surface area contributed by atoms with E-state index < -0.39 is 12.0 Å². The quantitative estimate of drug-likeness (QED) is 0.436. The predicted octanol–water partition coefficient (Wildman–Crippen LogP) is 0.731. The Balaban J connectivity index is 3.83. The molecule has 10 heavy (non-hydrogen) atoms. The summed E-state index contributed by atoms with van der Waals surface area (Å²) in [6.45, 7) is 0. The first-order valence-electron chi connectivity index (χ1n) is 2.35. The predicted molar refractivity (Wildman–Crippen MR) is 52.2 cm³/mol. The number of halogens is 2. The molecule has 6 heteroatoms. The normalized spacial score (nSPS) is 12.6. The van der Waals surface area contributed by atoms with Gasteiger partial charge in [-0.05, 0) is 22.6 Å². The van der Waals surface area contributed by atoms with E-state index in [2.05, 4.69) is 3.53 Å². The number of nitrogens with one attached hydrogen (secondary N) is 1. The fourth-order valence-corrected chi connectivity index (χ4v) is 1.26. The Morgan fingerprint density at radius 2 is 2.10 bits per heavy atom. The van der Waals surface area contributed by atoms with Crippen molar-refractivity contribution in [3.8, 4) is 0 Å². The van der Waals surface area contributed by atoms with Gasteiger partial charge in [-0.15, -0.1) is 0 Å². The Kier molecular flexibility index (Phi) is 5.54. The largest absolute Gasteiger partial charge is 0.480 e. The van der Waals surface area contributed by atoms with Gasteiger partial charge in [-0.1, -0.05) is 0 Å². The first-order valence-corrected chi connectivity index (χ1v) is 4.51. The smallest absolute Gasteiger partial charge is 0.321 e. The maximum absolute atomic E-state index is 10.4. The third kappa shape index (κ3) is 4.39. The molecule has 0 heterocycles. The third-order valence-corrected chi connectivity index (χ3v) is 1.99. The van der Waals surface area contributed by atoms with Crippen LogP contribution in [0.5, 0.6) is 0 Å². The molecular formula is C4H5I2NO3. The second-order valence-electron chi connectivity index (χ2n) is 1.56. The summed E-state index contributed by atoms with van der Waals surface area (Å²) in [7, 11) is 0. The van der Waals surface area contributed by atoms with Gasteiger partial charge in [0, 0.05) is 29.3 Å². The van der Waals surface area contributed by atoms with Crippen LogP contribution < -0.4 is 3.53 Å². The summed E-state index contributed by atoms with van der Waals surface area (Å²) in [4.78, 5) is 20.6. The van der Waals surface area contributed by atoms with Crippen LogP contribution in [0.15, 0.2) is 0 Å². The molecule has 2 N–H and O–H groups in total. The van der Waals surface area contributed by atoms with E-state index in [0.717, 1.165) is 0 Å². The minimum absolute atomic E-state index is 0.0266. The number of aliphatic carboxylic acids is 1. The zero-order chi connectivity index (χ0) is 8.15. The molecule has 0 bridgehead atoms. The first kappa shape index (κ1) is 10.6. The third-order valence-electron chi connectivity index (χ3n) is 0.794. The number of rotatable bonds is 4. The number of hydrogen-bond acceptors (Lipinski definition) is 3. The molecule has 0 aromatic rings. The summed E-state index contributed by atoms with van der Waals surface area (Å²) >= 11 is 3.28. The topological polar surface area (TPSA) is 66.4 Å². The highest BCUT2D eigenvalue weighted by molar-refractivity contribution is 14.1. The van der Waals surface area contributed by atoms with Crippen LogP contribution >= 0.6 is 45.5 Å². The van der Waals surface area contributed by atoms with Crippen molar-refractivity contribution in [2.45, 2.75) is 12.5 Å². The monoisotopic (exact) mass is 369 g/mol. The Bertz CT molecular complexity index is 149. The Morgan fingerprint density at radius 3 is 2.20 bits per heavy atom. The van der Waals surface area contributed by atoms with Crippen LogP contribution in [0.2, 0.25) is 0 Å². The van der Waals surface area contributed by atoms with Gasteiger partial charge in [0.25, 0.3) is 0 Å². The fraction of sp³-hybridized carbons (Fsp3) is 0.500. The number of carboxylic acid groups (broad SMARTS) is 1. The molecule has 0 rings (SSSR count). The Hall–Kier alpha value is 0.560. The molecule has 0 radical (unpaired) electrons. The minimum Gasteiger partial charge on any atom is -0.480 e. The average Bonchev–Trinajstić information content (AvgIpc) is 1.81. The summed E-state index contributed by atoms with van der Waals surface area (Å²) in [5.74, 6) is -1.00. The van der Waals surface area contributed by atoms with Gasteiger partial charge >= 0.3 is 5.97 Å². The zero-order valence-corrected chi connectivity index (χ0v) is 9.12. The summed E-state index contributed by atoms with van der Waals surface area (Å²) in [5, 5.41) is 8.40. The van der Waals surface area contributed by atoms with Crippen molar-refractivity contribution < 1.29 is 14.7 Å². The molecule has 0 saturated carbocycles. The maximum atomic E-state index is 10.4. The van der Waals surface area contributed by atoms with Gasteiger partial charge < -0.3 is 5.11 Å². The molecule has 0 aliphatic carbocycles. The zero-order valence-electron chi connectivity index (χ0n) is 4.80. The van der Waals surface area contributed by atoms with Crippen molar-refractivity contribution in [3.63, 3.8) is 0 Å². The molecule has 0 amide bonds. The van der Waals surface area contributed by atoms with Crippen molar-refractivity contribution in [1.82, 2.24) is 3.53 Å². The van der Waals surface area contributed by atoms with Crippen molar-refractivity contribution in [2.24, 2.45) is 0 Å². The maximum Gasteiger partial charge on any atom is 0.321 e. The van der Waals surface area contributed by atoms with Gasteiger partial charge in [-0.25, -0.2) is 3.53 Å². The van der Waals surface area contributed by atoms with E-state index in [9.17, 15) is 9.59 Å². The van der Waals surface area contributed by atoms with Crippen molar-refractivity contribution in [3.05, 3.63) is 0 Å². The van der Waals surface area contributed by atoms with Gasteiger partial charge in [0.05, 0.1) is 0 Å². The second-order valence-corrected chi connectivity index (χ2v) is 3.39. The van der Waals surface area contributed by atoms with Crippen LogP contribution in [0.1, 0.15) is 6.42 Å². The van der Waals surface area contributed by atoms with E-state index in [0.29, 0.717) is 0 Å². The van der Waals surface area contributed by atoms with Crippen molar-refractivity contribution in [1.29, 1.82) is 0 Å². The lowest BCUT2D eigenvalue weighted by Crippen LogP contribution is -2.31. The molecule has 4 nitrogen and oxygen atoms in total. The molecule has 1 unspecified atom stereocenters.